The third-order valence-electron chi connectivity index (χ3n) is 8.28. The smallest absolute Gasteiger partial charge is 0.180 e. The van der Waals surface area contributed by atoms with Crippen molar-refractivity contribution in [2.24, 2.45) is 5.92 Å². The largest absolute Gasteiger partial charge is 0.370 e. The maximum absolute atomic E-state index is 15.3. The number of anilines is 1. The van der Waals surface area contributed by atoms with E-state index in [0.29, 0.717) is 28.2 Å². The van der Waals surface area contributed by atoms with Crippen molar-refractivity contribution in [2.75, 3.05) is 24.5 Å². The Labute approximate surface area is 226 Å². The van der Waals surface area contributed by atoms with E-state index in [1.165, 1.54) is 51.0 Å². The van der Waals surface area contributed by atoms with E-state index >= 15 is 4.39 Å². The molecule has 1 saturated heterocycles. The quantitative estimate of drug-likeness (QED) is 0.243. The van der Waals surface area contributed by atoms with Crippen LogP contribution in [0.25, 0.3) is 44.7 Å². The van der Waals surface area contributed by atoms with Gasteiger partial charge in [0.15, 0.2) is 11.5 Å². The van der Waals surface area contributed by atoms with Gasteiger partial charge in [-0.05, 0) is 68.3 Å². The number of pyridine rings is 2. The van der Waals surface area contributed by atoms with Crippen LogP contribution in [0.1, 0.15) is 50.5 Å². The third-order valence-corrected chi connectivity index (χ3v) is 8.28. The van der Waals surface area contributed by atoms with Crippen LogP contribution in [0, 0.1) is 11.7 Å². The molecule has 200 valence electrons. The Morgan fingerprint density at radius 3 is 2.77 bits per heavy atom. The highest BCUT2D eigenvalue weighted by atomic mass is 19.1. The number of aromatic nitrogens is 6. The van der Waals surface area contributed by atoms with Gasteiger partial charge in [0.2, 0.25) is 0 Å². The second-order valence-corrected chi connectivity index (χ2v) is 11.0. The molecule has 5 aromatic rings. The number of rotatable bonds is 7. The molecule has 2 fully saturated rings. The Hall–Kier alpha value is -3.85. The summed E-state index contributed by atoms with van der Waals surface area (Å²) in [5.41, 5.74) is 6.26. The Bertz CT molecular complexity index is 1610. The van der Waals surface area contributed by atoms with Crippen LogP contribution in [-0.4, -0.2) is 49.8 Å². The van der Waals surface area contributed by atoms with Crippen LogP contribution in [-0.2, 0) is 6.54 Å². The molecular formula is C30H33FN8. The first kappa shape index (κ1) is 24.2. The van der Waals surface area contributed by atoms with Gasteiger partial charge in [0.25, 0.3) is 0 Å². The van der Waals surface area contributed by atoms with Crippen molar-refractivity contribution in [3.05, 3.63) is 54.2 Å². The number of piperidine rings is 1. The van der Waals surface area contributed by atoms with E-state index in [1.807, 2.05) is 30.6 Å². The maximum Gasteiger partial charge on any atom is 0.180 e. The molecule has 0 amide bonds. The summed E-state index contributed by atoms with van der Waals surface area (Å²) in [6, 6.07) is 7.43. The van der Waals surface area contributed by atoms with Crippen LogP contribution in [0.5, 0.6) is 0 Å². The molecule has 9 heteroatoms. The molecule has 1 aromatic carbocycles. The van der Waals surface area contributed by atoms with Crippen molar-refractivity contribution in [1.29, 1.82) is 0 Å². The van der Waals surface area contributed by atoms with Gasteiger partial charge >= 0.3 is 0 Å². The number of halogens is 1. The monoisotopic (exact) mass is 524 g/mol. The van der Waals surface area contributed by atoms with Gasteiger partial charge < -0.3 is 15.2 Å². The van der Waals surface area contributed by atoms with Crippen LogP contribution in [0.4, 0.5) is 10.1 Å². The molecule has 4 aromatic heterocycles. The molecule has 8 nitrogen and oxygen atoms in total. The fourth-order valence-corrected chi connectivity index (χ4v) is 6.21. The van der Waals surface area contributed by atoms with Crippen LogP contribution >= 0.6 is 0 Å². The molecule has 0 bridgehead atoms. The van der Waals surface area contributed by atoms with Gasteiger partial charge in [-0.25, -0.2) is 14.4 Å². The van der Waals surface area contributed by atoms with E-state index in [-0.39, 0.29) is 5.82 Å². The lowest BCUT2D eigenvalue weighted by Crippen LogP contribution is -2.29. The molecule has 1 saturated carbocycles. The first-order chi connectivity index (χ1) is 19.2. The number of imidazole rings is 1. The van der Waals surface area contributed by atoms with Crippen LogP contribution < -0.4 is 10.2 Å². The topological polar surface area (TPSA) is 98.4 Å². The molecule has 0 spiro atoms. The van der Waals surface area contributed by atoms with Gasteiger partial charge in [-0.1, -0.05) is 12.8 Å². The van der Waals surface area contributed by atoms with E-state index < -0.39 is 0 Å². The Morgan fingerprint density at radius 2 is 1.90 bits per heavy atom. The predicted octanol–water partition coefficient (Wildman–Crippen LogP) is 5.97. The number of aromatic amines is 2. The normalized spacial score (nSPS) is 16.6. The average Bonchev–Trinajstić information content (AvgIpc) is 3.73. The Morgan fingerprint density at radius 1 is 1.03 bits per heavy atom. The molecule has 1 aliphatic heterocycles. The molecule has 0 radical (unpaired) electrons. The summed E-state index contributed by atoms with van der Waals surface area (Å²) in [6.07, 6.45) is 14.3. The number of H-pyrrole nitrogens is 2. The molecule has 5 heterocycles. The average molecular weight is 525 g/mol. The predicted molar refractivity (Wildman–Crippen MR) is 152 cm³/mol. The highest BCUT2D eigenvalue weighted by molar-refractivity contribution is 5.97. The summed E-state index contributed by atoms with van der Waals surface area (Å²) in [5.74, 6) is 1.08. The minimum atomic E-state index is -0.311. The maximum atomic E-state index is 15.3. The molecular weight excluding hydrogens is 491 g/mol. The fraction of sp³-hybridized carbons (Fsp3) is 0.400. The van der Waals surface area contributed by atoms with Gasteiger partial charge in [0.05, 0.1) is 11.2 Å². The summed E-state index contributed by atoms with van der Waals surface area (Å²) in [5, 5.41) is 11.9. The Kier molecular flexibility index (Phi) is 6.44. The van der Waals surface area contributed by atoms with Gasteiger partial charge in [-0.2, -0.15) is 5.10 Å². The van der Waals surface area contributed by atoms with Crippen molar-refractivity contribution < 1.29 is 4.39 Å². The number of fused-ring (bicyclic) bond motifs is 2. The number of nitrogens with one attached hydrogen (secondary N) is 3. The van der Waals surface area contributed by atoms with Gasteiger partial charge in [-0.3, -0.25) is 10.1 Å². The summed E-state index contributed by atoms with van der Waals surface area (Å²) in [7, 11) is 0. The zero-order chi connectivity index (χ0) is 26.2. The van der Waals surface area contributed by atoms with Gasteiger partial charge in [0, 0.05) is 60.8 Å². The molecule has 1 aliphatic carbocycles. The van der Waals surface area contributed by atoms with E-state index in [0.717, 1.165) is 59.8 Å². The summed E-state index contributed by atoms with van der Waals surface area (Å²) < 4.78 is 15.3. The first-order valence-electron chi connectivity index (χ1n) is 14.2. The van der Waals surface area contributed by atoms with Crippen molar-refractivity contribution in [2.45, 2.75) is 51.5 Å². The van der Waals surface area contributed by atoms with Crippen LogP contribution in [0.3, 0.4) is 0 Å². The number of hydrogen-bond donors (Lipinski definition) is 3. The van der Waals surface area contributed by atoms with E-state index in [4.69, 9.17) is 4.98 Å². The zero-order valence-corrected chi connectivity index (χ0v) is 22.0. The highest BCUT2D eigenvalue weighted by Crippen LogP contribution is 2.34. The minimum absolute atomic E-state index is 0.311. The second-order valence-electron chi connectivity index (χ2n) is 11.0. The molecule has 39 heavy (non-hydrogen) atoms. The van der Waals surface area contributed by atoms with Gasteiger partial charge in [0.1, 0.15) is 17.0 Å². The van der Waals surface area contributed by atoms with Crippen LogP contribution in [0.15, 0.2) is 42.9 Å². The lowest BCUT2D eigenvalue weighted by atomic mass is 10.0. The number of hydrogen-bond acceptors (Lipinski definition) is 6. The summed E-state index contributed by atoms with van der Waals surface area (Å²) in [6.45, 7) is 3.81. The molecule has 0 unspecified atom stereocenters. The zero-order valence-electron chi connectivity index (χ0n) is 22.0. The number of nitrogens with zero attached hydrogens (tertiary/aromatic N) is 5. The van der Waals surface area contributed by atoms with Crippen molar-refractivity contribution in [3.8, 4) is 22.6 Å². The second kappa shape index (κ2) is 10.4. The molecule has 3 N–H and O–H groups in total. The lowest BCUT2D eigenvalue weighted by molar-refractivity contribution is 0.489. The fourth-order valence-electron chi connectivity index (χ4n) is 6.21. The lowest BCUT2D eigenvalue weighted by Gasteiger charge is -2.28. The van der Waals surface area contributed by atoms with Crippen molar-refractivity contribution in [3.63, 3.8) is 0 Å². The van der Waals surface area contributed by atoms with Crippen molar-refractivity contribution >= 4 is 27.8 Å². The molecule has 0 atom stereocenters. The van der Waals surface area contributed by atoms with Crippen LogP contribution in [0.2, 0.25) is 0 Å². The highest BCUT2D eigenvalue weighted by Gasteiger charge is 2.20. The third kappa shape index (κ3) is 4.76. The summed E-state index contributed by atoms with van der Waals surface area (Å²) in [4.78, 5) is 19.6. The molecule has 2 aliphatic rings. The Balaban J connectivity index is 1.20. The van der Waals surface area contributed by atoms with E-state index in [2.05, 4.69) is 35.4 Å². The van der Waals surface area contributed by atoms with Gasteiger partial charge in [-0.15, -0.1) is 0 Å². The van der Waals surface area contributed by atoms with E-state index in [1.54, 1.807) is 6.20 Å². The number of benzene rings is 1. The summed E-state index contributed by atoms with van der Waals surface area (Å²) >= 11 is 0. The molecule has 7 rings (SSSR count). The standard InChI is InChI=1S/C30H33FN8/c31-24-14-25-23(13-22(24)21-12-20(17-33-18-21)16-32-15-19-6-2-3-7-19)27(38-37-25)30-35-28-26(8-9-34-29(28)36-30)39-10-4-1-5-11-39/h8-9,12-14,17-19,32H,1-7,10-11,15-16H2,(H,37,38)(H,34,35,36). The van der Waals surface area contributed by atoms with Crippen molar-refractivity contribution in [1.82, 2.24) is 35.5 Å². The SMILES string of the molecule is Fc1cc2[nH]nc(-c3nc4nccc(N5CCCCC5)c4[nH]3)c2cc1-c1cncc(CNCC2CCCC2)c1. The first-order valence-corrected chi connectivity index (χ1v) is 14.2. The van der Waals surface area contributed by atoms with E-state index in [9.17, 15) is 0 Å². The minimum Gasteiger partial charge on any atom is -0.370 e.